The molecule has 0 amide bonds. The first-order chi connectivity index (χ1) is 6.20. The maximum atomic E-state index is 13.3. The quantitative estimate of drug-likeness (QED) is 0.680. The molecule has 0 unspecified atom stereocenters. The van der Waals surface area contributed by atoms with E-state index in [1.807, 2.05) is 19.9 Å². The third kappa shape index (κ3) is 1.44. The van der Waals surface area contributed by atoms with E-state index < -0.39 is 0 Å². The molecule has 0 bridgehead atoms. The SMILES string of the molecule is CCc1cc2sc(C)nc2cc1F. The van der Waals surface area contributed by atoms with Gasteiger partial charge in [-0.05, 0) is 25.0 Å². The highest BCUT2D eigenvalue weighted by Gasteiger charge is 2.06. The van der Waals surface area contributed by atoms with Gasteiger partial charge in [-0.25, -0.2) is 9.37 Å². The average Bonchev–Trinajstić information content (AvgIpc) is 2.42. The second-order valence-corrected chi connectivity index (χ2v) is 4.23. The fourth-order valence-corrected chi connectivity index (χ4v) is 2.25. The Bertz CT molecular complexity index is 447. The van der Waals surface area contributed by atoms with Crippen molar-refractivity contribution in [1.29, 1.82) is 0 Å². The van der Waals surface area contributed by atoms with Crippen molar-refractivity contribution in [2.24, 2.45) is 0 Å². The number of thiazole rings is 1. The van der Waals surface area contributed by atoms with Crippen molar-refractivity contribution in [1.82, 2.24) is 4.98 Å². The van der Waals surface area contributed by atoms with Gasteiger partial charge in [0.25, 0.3) is 0 Å². The van der Waals surface area contributed by atoms with Crippen LogP contribution in [0.3, 0.4) is 0 Å². The second kappa shape index (κ2) is 3.07. The van der Waals surface area contributed by atoms with Gasteiger partial charge in [-0.1, -0.05) is 6.92 Å². The molecule has 0 aliphatic rings. The average molecular weight is 195 g/mol. The first-order valence-corrected chi connectivity index (χ1v) is 5.08. The summed E-state index contributed by atoms with van der Waals surface area (Å²) in [5.41, 5.74) is 1.55. The summed E-state index contributed by atoms with van der Waals surface area (Å²) in [6.45, 7) is 3.90. The predicted octanol–water partition coefficient (Wildman–Crippen LogP) is 3.31. The van der Waals surface area contributed by atoms with Crippen molar-refractivity contribution >= 4 is 21.6 Å². The minimum absolute atomic E-state index is 0.139. The van der Waals surface area contributed by atoms with Gasteiger partial charge in [-0.3, -0.25) is 0 Å². The zero-order valence-corrected chi connectivity index (χ0v) is 8.41. The highest BCUT2D eigenvalue weighted by molar-refractivity contribution is 7.18. The van der Waals surface area contributed by atoms with Crippen LogP contribution in [0.15, 0.2) is 12.1 Å². The highest BCUT2D eigenvalue weighted by atomic mass is 32.1. The Labute approximate surface area is 80.2 Å². The van der Waals surface area contributed by atoms with E-state index in [4.69, 9.17) is 0 Å². The van der Waals surface area contributed by atoms with Crippen LogP contribution in [0.2, 0.25) is 0 Å². The summed E-state index contributed by atoms with van der Waals surface area (Å²) < 4.78 is 14.4. The molecule has 1 aromatic carbocycles. The lowest BCUT2D eigenvalue weighted by molar-refractivity contribution is 0.614. The number of benzene rings is 1. The van der Waals surface area contributed by atoms with E-state index in [1.54, 1.807) is 11.3 Å². The summed E-state index contributed by atoms with van der Waals surface area (Å²) in [5, 5.41) is 0.989. The molecule has 2 rings (SSSR count). The number of aromatic nitrogens is 1. The molecule has 0 atom stereocenters. The first kappa shape index (κ1) is 8.63. The molecule has 2 aromatic rings. The number of aryl methyl sites for hydroxylation is 2. The van der Waals surface area contributed by atoms with Crippen LogP contribution in [0.1, 0.15) is 17.5 Å². The molecule has 1 heterocycles. The van der Waals surface area contributed by atoms with E-state index in [2.05, 4.69) is 4.98 Å². The minimum Gasteiger partial charge on any atom is -0.241 e. The molecule has 1 aromatic heterocycles. The Balaban J connectivity index is 2.72. The van der Waals surface area contributed by atoms with Gasteiger partial charge in [0.15, 0.2) is 0 Å². The van der Waals surface area contributed by atoms with Gasteiger partial charge >= 0.3 is 0 Å². The molecule has 0 aliphatic carbocycles. The second-order valence-electron chi connectivity index (χ2n) is 3.00. The van der Waals surface area contributed by atoms with E-state index in [0.29, 0.717) is 0 Å². The lowest BCUT2D eigenvalue weighted by Crippen LogP contribution is -1.86. The number of fused-ring (bicyclic) bond motifs is 1. The number of rotatable bonds is 1. The number of halogens is 1. The molecular weight excluding hydrogens is 185 g/mol. The van der Waals surface area contributed by atoms with Crippen LogP contribution in [0.25, 0.3) is 10.2 Å². The van der Waals surface area contributed by atoms with Gasteiger partial charge in [0.1, 0.15) is 5.82 Å². The first-order valence-electron chi connectivity index (χ1n) is 4.26. The molecule has 0 spiro atoms. The van der Waals surface area contributed by atoms with Crippen LogP contribution in [-0.4, -0.2) is 4.98 Å². The largest absolute Gasteiger partial charge is 0.241 e. The Morgan fingerprint density at radius 2 is 2.23 bits per heavy atom. The summed E-state index contributed by atoms with van der Waals surface area (Å²) in [7, 11) is 0. The van der Waals surface area contributed by atoms with Crippen molar-refractivity contribution < 1.29 is 4.39 Å². The summed E-state index contributed by atoms with van der Waals surface area (Å²) in [6, 6.07) is 3.42. The third-order valence-corrected chi connectivity index (χ3v) is 2.98. The molecule has 68 valence electrons. The molecule has 0 saturated carbocycles. The highest BCUT2D eigenvalue weighted by Crippen LogP contribution is 2.24. The molecular formula is C10H10FNS. The Kier molecular flexibility index (Phi) is 2.04. The van der Waals surface area contributed by atoms with Gasteiger partial charge in [-0.2, -0.15) is 0 Å². The van der Waals surface area contributed by atoms with Crippen LogP contribution in [-0.2, 0) is 6.42 Å². The zero-order chi connectivity index (χ0) is 9.42. The fraction of sp³-hybridized carbons (Fsp3) is 0.300. The number of nitrogens with zero attached hydrogens (tertiary/aromatic N) is 1. The Morgan fingerprint density at radius 3 is 2.92 bits per heavy atom. The van der Waals surface area contributed by atoms with Crippen LogP contribution in [0.5, 0.6) is 0 Å². The standard InChI is InChI=1S/C10H10FNS/c1-3-7-4-10-9(5-8(7)11)12-6(2)13-10/h4-5H,3H2,1-2H3. The third-order valence-electron chi connectivity index (χ3n) is 2.04. The lowest BCUT2D eigenvalue weighted by Gasteiger charge is -1.97. The summed E-state index contributed by atoms with van der Waals surface area (Å²) in [4.78, 5) is 4.23. The fourth-order valence-electron chi connectivity index (χ4n) is 1.38. The van der Waals surface area contributed by atoms with Gasteiger partial charge in [0.05, 0.1) is 15.2 Å². The lowest BCUT2D eigenvalue weighted by atomic mass is 10.1. The van der Waals surface area contributed by atoms with Crippen molar-refractivity contribution in [2.75, 3.05) is 0 Å². The normalized spacial score (nSPS) is 11.0. The van der Waals surface area contributed by atoms with Crippen LogP contribution >= 0.6 is 11.3 Å². The van der Waals surface area contributed by atoms with Gasteiger partial charge in [0.2, 0.25) is 0 Å². The van der Waals surface area contributed by atoms with Gasteiger partial charge in [-0.15, -0.1) is 11.3 Å². The molecule has 0 saturated heterocycles. The van der Waals surface area contributed by atoms with Crippen molar-refractivity contribution in [3.05, 3.63) is 28.5 Å². The van der Waals surface area contributed by atoms with Gasteiger partial charge in [0, 0.05) is 6.07 Å². The topological polar surface area (TPSA) is 12.9 Å². The van der Waals surface area contributed by atoms with E-state index >= 15 is 0 Å². The summed E-state index contributed by atoms with van der Waals surface area (Å²) in [5.74, 6) is -0.139. The van der Waals surface area contributed by atoms with Crippen LogP contribution < -0.4 is 0 Å². The number of hydrogen-bond acceptors (Lipinski definition) is 2. The minimum atomic E-state index is -0.139. The molecule has 3 heteroatoms. The maximum absolute atomic E-state index is 13.3. The predicted molar refractivity (Wildman–Crippen MR) is 53.7 cm³/mol. The van der Waals surface area contributed by atoms with E-state index in [-0.39, 0.29) is 5.82 Å². The van der Waals surface area contributed by atoms with Crippen molar-refractivity contribution in [3.8, 4) is 0 Å². The molecule has 0 aliphatic heterocycles. The van der Waals surface area contributed by atoms with Crippen LogP contribution in [0, 0.1) is 12.7 Å². The maximum Gasteiger partial charge on any atom is 0.128 e. The molecule has 0 N–H and O–H groups in total. The molecule has 0 fully saturated rings. The van der Waals surface area contributed by atoms with Crippen molar-refractivity contribution in [2.45, 2.75) is 20.3 Å². The molecule has 0 radical (unpaired) electrons. The molecule has 1 nitrogen and oxygen atoms in total. The summed E-state index contributed by atoms with van der Waals surface area (Å²) in [6.07, 6.45) is 0.735. The van der Waals surface area contributed by atoms with E-state index in [9.17, 15) is 4.39 Å². The number of hydrogen-bond donors (Lipinski definition) is 0. The van der Waals surface area contributed by atoms with E-state index in [0.717, 1.165) is 27.2 Å². The van der Waals surface area contributed by atoms with Gasteiger partial charge < -0.3 is 0 Å². The monoisotopic (exact) mass is 195 g/mol. The van der Waals surface area contributed by atoms with Crippen molar-refractivity contribution in [3.63, 3.8) is 0 Å². The molecule has 13 heavy (non-hydrogen) atoms. The smallest absolute Gasteiger partial charge is 0.128 e. The Hall–Kier alpha value is -0.960. The Morgan fingerprint density at radius 1 is 1.46 bits per heavy atom. The summed E-state index contributed by atoms with van der Waals surface area (Å²) >= 11 is 1.61. The zero-order valence-electron chi connectivity index (χ0n) is 7.60. The van der Waals surface area contributed by atoms with E-state index in [1.165, 1.54) is 6.07 Å². The van der Waals surface area contributed by atoms with Crippen LogP contribution in [0.4, 0.5) is 4.39 Å².